The summed E-state index contributed by atoms with van der Waals surface area (Å²) in [7, 11) is 0. The number of amides is 2. The van der Waals surface area contributed by atoms with Crippen molar-refractivity contribution in [3.8, 4) is 5.75 Å². The van der Waals surface area contributed by atoms with Crippen molar-refractivity contribution in [2.75, 3.05) is 6.54 Å². The first-order valence-corrected chi connectivity index (χ1v) is 7.67. The van der Waals surface area contributed by atoms with E-state index in [4.69, 9.17) is 4.74 Å². The molecule has 0 aromatic heterocycles. The average Bonchev–Trinajstić information content (AvgIpc) is 2.62. The van der Waals surface area contributed by atoms with E-state index in [0.717, 1.165) is 0 Å². The fourth-order valence-corrected chi connectivity index (χ4v) is 1.88. The smallest absolute Gasteiger partial charge is 0.329 e. The summed E-state index contributed by atoms with van der Waals surface area (Å²) < 4.78 is 19.0. The van der Waals surface area contributed by atoms with E-state index >= 15 is 0 Å². The second-order valence-electron chi connectivity index (χ2n) is 5.01. The van der Waals surface area contributed by atoms with Gasteiger partial charge in [-0.25, -0.2) is 9.82 Å². The Hall–Kier alpha value is -3.22. The summed E-state index contributed by atoms with van der Waals surface area (Å²) in [6.45, 7) is 2.21. The Labute approximate surface area is 144 Å². The predicted octanol–water partition coefficient (Wildman–Crippen LogP) is 1.99. The first kappa shape index (κ1) is 18.1. The third kappa shape index (κ3) is 5.72. The van der Waals surface area contributed by atoms with E-state index in [1.807, 2.05) is 0 Å². The average molecular weight is 343 g/mol. The van der Waals surface area contributed by atoms with Gasteiger partial charge in [-0.05, 0) is 42.8 Å². The lowest BCUT2D eigenvalue weighted by molar-refractivity contribution is -0.139. The van der Waals surface area contributed by atoms with Gasteiger partial charge in [0.25, 0.3) is 0 Å². The summed E-state index contributed by atoms with van der Waals surface area (Å²) in [6.07, 6.45) is 1.40. The first-order chi connectivity index (χ1) is 12.1. The van der Waals surface area contributed by atoms with Crippen LogP contribution in [0.3, 0.4) is 0 Å². The van der Waals surface area contributed by atoms with Crippen molar-refractivity contribution in [3.63, 3.8) is 0 Å². The molecule has 0 spiro atoms. The zero-order valence-electron chi connectivity index (χ0n) is 13.7. The molecule has 6 nitrogen and oxygen atoms in total. The second kappa shape index (κ2) is 9.17. The van der Waals surface area contributed by atoms with Gasteiger partial charge in [0.05, 0.1) is 6.21 Å². The molecular weight excluding hydrogens is 325 g/mol. The molecule has 0 saturated heterocycles. The van der Waals surface area contributed by atoms with Gasteiger partial charge >= 0.3 is 11.8 Å². The van der Waals surface area contributed by atoms with Gasteiger partial charge in [-0.2, -0.15) is 5.10 Å². The number of ether oxygens (including phenoxy) is 1. The van der Waals surface area contributed by atoms with E-state index in [9.17, 15) is 14.0 Å². The van der Waals surface area contributed by atoms with Crippen molar-refractivity contribution in [2.24, 2.45) is 5.10 Å². The van der Waals surface area contributed by atoms with E-state index in [0.29, 0.717) is 23.4 Å². The molecule has 0 bridgehead atoms. The summed E-state index contributed by atoms with van der Waals surface area (Å²) >= 11 is 0. The highest BCUT2D eigenvalue weighted by Crippen LogP contribution is 2.15. The number of rotatable bonds is 6. The fourth-order valence-electron chi connectivity index (χ4n) is 1.88. The molecule has 130 valence electrons. The van der Waals surface area contributed by atoms with Gasteiger partial charge in [-0.15, -0.1) is 0 Å². The van der Waals surface area contributed by atoms with Crippen molar-refractivity contribution in [1.82, 2.24) is 10.7 Å². The zero-order valence-corrected chi connectivity index (χ0v) is 13.7. The molecule has 0 unspecified atom stereocenters. The first-order valence-electron chi connectivity index (χ1n) is 7.67. The van der Waals surface area contributed by atoms with Crippen LogP contribution in [0.15, 0.2) is 53.6 Å². The van der Waals surface area contributed by atoms with Gasteiger partial charge in [0, 0.05) is 12.1 Å². The maximum Gasteiger partial charge on any atom is 0.329 e. The highest BCUT2D eigenvalue weighted by atomic mass is 19.1. The lowest BCUT2D eigenvalue weighted by Gasteiger charge is -2.07. The molecule has 0 aliphatic rings. The summed E-state index contributed by atoms with van der Waals surface area (Å²) in [4.78, 5) is 22.5. The number of carbonyl (C=O) groups excluding carboxylic acids is 2. The maximum absolute atomic E-state index is 13.5. The largest absolute Gasteiger partial charge is 0.489 e. The standard InChI is InChI=1S/C18H18FN3O3/c1-2-20-17(23)18(24)22-21-11-13-7-9-15(10-8-13)25-12-14-5-3-4-6-16(14)19/h3-11H,2,12H2,1H3,(H,20,23)(H,22,24)/b21-11-. The Bertz CT molecular complexity index is 760. The quantitative estimate of drug-likeness (QED) is 0.478. The molecule has 0 aliphatic carbocycles. The van der Waals surface area contributed by atoms with Crippen LogP contribution in [0.5, 0.6) is 5.75 Å². The number of nitrogens with zero attached hydrogens (tertiary/aromatic N) is 1. The second-order valence-corrected chi connectivity index (χ2v) is 5.01. The van der Waals surface area contributed by atoms with Crippen LogP contribution in [0.25, 0.3) is 0 Å². The summed E-state index contributed by atoms with van der Waals surface area (Å²) in [5.41, 5.74) is 3.31. The molecule has 0 atom stereocenters. The SMILES string of the molecule is CCNC(=O)C(=O)N/N=C\c1ccc(OCc2ccccc2F)cc1. The number of hydrogen-bond acceptors (Lipinski definition) is 4. The van der Waals surface area contributed by atoms with Crippen LogP contribution < -0.4 is 15.5 Å². The van der Waals surface area contributed by atoms with E-state index in [-0.39, 0.29) is 12.4 Å². The minimum Gasteiger partial charge on any atom is -0.489 e. The monoisotopic (exact) mass is 343 g/mol. The van der Waals surface area contributed by atoms with Crippen LogP contribution >= 0.6 is 0 Å². The van der Waals surface area contributed by atoms with Crippen LogP contribution in [0.4, 0.5) is 4.39 Å². The van der Waals surface area contributed by atoms with E-state index < -0.39 is 11.8 Å². The molecule has 0 radical (unpaired) electrons. The van der Waals surface area contributed by atoms with Crippen LogP contribution in [0, 0.1) is 5.82 Å². The number of hydrazone groups is 1. The van der Waals surface area contributed by atoms with Gasteiger partial charge < -0.3 is 10.1 Å². The Morgan fingerprint density at radius 2 is 1.84 bits per heavy atom. The van der Waals surface area contributed by atoms with Crippen LogP contribution in [-0.2, 0) is 16.2 Å². The molecule has 2 amide bonds. The molecule has 0 heterocycles. The van der Waals surface area contributed by atoms with Crippen LogP contribution in [0.1, 0.15) is 18.1 Å². The van der Waals surface area contributed by atoms with E-state index in [1.54, 1.807) is 49.4 Å². The Kier molecular flexibility index (Phi) is 6.65. The molecule has 0 fully saturated rings. The third-order valence-electron chi connectivity index (χ3n) is 3.16. The summed E-state index contributed by atoms with van der Waals surface area (Å²) in [5, 5.41) is 6.07. The Morgan fingerprint density at radius 3 is 2.52 bits per heavy atom. The zero-order chi connectivity index (χ0) is 18.1. The third-order valence-corrected chi connectivity index (χ3v) is 3.16. The summed E-state index contributed by atoms with van der Waals surface area (Å²) in [5.74, 6) is -1.31. The fraction of sp³-hybridized carbons (Fsp3) is 0.167. The normalized spacial score (nSPS) is 10.5. The minimum absolute atomic E-state index is 0.128. The van der Waals surface area contributed by atoms with Crippen molar-refractivity contribution in [3.05, 3.63) is 65.5 Å². The van der Waals surface area contributed by atoms with Gasteiger partial charge in [0.15, 0.2) is 0 Å². The number of carbonyl (C=O) groups is 2. The Morgan fingerprint density at radius 1 is 1.12 bits per heavy atom. The van der Waals surface area contributed by atoms with Crippen molar-refractivity contribution in [1.29, 1.82) is 0 Å². The highest BCUT2D eigenvalue weighted by molar-refractivity contribution is 6.35. The molecule has 0 saturated carbocycles. The molecule has 2 rings (SSSR count). The highest BCUT2D eigenvalue weighted by Gasteiger charge is 2.10. The predicted molar refractivity (Wildman–Crippen MR) is 91.6 cm³/mol. The maximum atomic E-state index is 13.5. The number of halogens is 1. The topological polar surface area (TPSA) is 79.8 Å². The van der Waals surface area contributed by atoms with Gasteiger partial charge in [0.1, 0.15) is 18.2 Å². The van der Waals surface area contributed by atoms with Crippen molar-refractivity contribution in [2.45, 2.75) is 13.5 Å². The van der Waals surface area contributed by atoms with Gasteiger partial charge in [-0.3, -0.25) is 9.59 Å². The lowest BCUT2D eigenvalue weighted by atomic mass is 10.2. The molecule has 7 heteroatoms. The number of benzene rings is 2. The molecule has 0 aliphatic heterocycles. The molecular formula is C18H18FN3O3. The van der Waals surface area contributed by atoms with E-state index in [2.05, 4.69) is 15.8 Å². The van der Waals surface area contributed by atoms with Gasteiger partial charge in [-0.1, -0.05) is 18.2 Å². The summed E-state index contributed by atoms with van der Waals surface area (Å²) in [6, 6.07) is 13.3. The number of nitrogens with one attached hydrogen (secondary N) is 2. The number of likely N-dealkylation sites (N-methyl/N-ethyl adjacent to an activating group) is 1. The molecule has 2 N–H and O–H groups in total. The van der Waals surface area contributed by atoms with Crippen LogP contribution in [0.2, 0.25) is 0 Å². The molecule has 2 aromatic rings. The number of hydrogen-bond donors (Lipinski definition) is 2. The van der Waals surface area contributed by atoms with Gasteiger partial charge in [0.2, 0.25) is 0 Å². The molecule has 2 aromatic carbocycles. The van der Waals surface area contributed by atoms with Crippen LogP contribution in [-0.4, -0.2) is 24.6 Å². The van der Waals surface area contributed by atoms with E-state index in [1.165, 1.54) is 12.3 Å². The van der Waals surface area contributed by atoms with Crippen molar-refractivity contribution >= 4 is 18.0 Å². The Balaban J connectivity index is 1.85. The van der Waals surface area contributed by atoms with Crippen molar-refractivity contribution < 1.29 is 18.7 Å². The lowest BCUT2D eigenvalue weighted by Crippen LogP contribution is -2.37. The molecule has 25 heavy (non-hydrogen) atoms. The minimum atomic E-state index is -0.831.